The van der Waals surface area contributed by atoms with Crippen LogP contribution in [0.15, 0.2) is 36.5 Å². The third-order valence-electron chi connectivity index (χ3n) is 7.98. The monoisotopic (exact) mass is 477 g/mol. The van der Waals surface area contributed by atoms with Crippen molar-refractivity contribution in [2.45, 2.75) is 56.5 Å². The average molecular weight is 478 g/mol. The molecule has 1 amide bonds. The number of aromatic nitrogens is 1. The number of rotatable bonds is 7. The summed E-state index contributed by atoms with van der Waals surface area (Å²) in [7, 11) is 0. The van der Waals surface area contributed by atoms with Crippen molar-refractivity contribution in [3.05, 3.63) is 47.7 Å². The van der Waals surface area contributed by atoms with Gasteiger partial charge in [0.05, 0.1) is 6.61 Å². The molecule has 2 atom stereocenters. The van der Waals surface area contributed by atoms with Gasteiger partial charge in [-0.05, 0) is 50.3 Å². The van der Waals surface area contributed by atoms with Crippen LogP contribution in [-0.2, 0) is 4.79 Å². The maximum Gasteiger partial charge on any atom is 0.222 e. The number of fused-ring (bicyclic) bond motifs is 1. The number of amides is 1. The highest BCUT2D eigenvalue weighted by Crippen LogP contribution is 2.39. The molecule has 0 saturated carbocycles. The molecule has 1 aromatic heterocycles. The second kappa shape index (κ2) is 10.1. The first kappa shape index (κ1) is 22.8. The lowest BCUT2D eigenvalue weighted by Gasteiger charge is -2.37. The van der Waals surface area contributed by atoms with E-state index in [0.717, 1.165) is 94.9 Å². The quantitative estimate of drug-likeness (QED) is 0.633. The van der Waals surface area contributed by atoms with Crippen LogP contribution in [-0.4, -0.2) is 66.1 Å². The van der Waals surface area contributed by atoms with Gasteiger partial charge in [-0.1, -0.05) is 12.1 Å². The minimum atomic E-state index is 0.308. The van der Waals surface area contributed by atoms with E-state index < -0.39 is 0 Å². The van der Waals surface area contributed by atoms with Gasteiger partial charge >= 0.3 is 0 Å². The molecule has 0 bridgehead atoms. The molecule has 3 saturated heterocycles. The van der Waals surface area contributed by atoms with Gasteiger partial charge in [0, 0.05) is 74.5 Å². The van der Waals surface area contributed by atoms with E-state index in [1.54, 1.807) is 0 Å². The number of carbonyl (C=O) groups is 1. The number of benzene rings is 1. The molecule has 4 aliphatic heterocycles. The second-order valence-corrected chi connectivity index (χ2v) is 10.2. The minimum absolute atomic E-state index is 0.308. The van der Waals surface area contributed by atoms with Crippen LogP contribution < -0.4 is 20.3 Å². The highest BCUT2D eigenvalue weighted by Gasteiger charge is 2.31. The fraction of sp³-hybridized carbons (Fsp3) is 0.556. The van der Waals surface area contributed by atoms with Crippen molar-refractivity contribution in [1.82, 2.24) is 25.6 Å². The molecular weight excluding hydrogens is 442 g/mol. The molecule has 3 fully saturated rings. The van der Waals surface area contributed by atoms with Crippen molar-refractivity contribution in [1.29, 1.82) is 0 Å². The summed E-state index contributed by atoms with van der Waals surface area (Å²) in [5.41, 5.74) is 8.85. The summed E-state index contributed by atoms with van der Waals surface area (Å²) >= 11 is 0. The average Bonchev–Trinajstić information content (AvgIpc) is 3.65. The Labute approximate surface area is 207 Å². The molecule has 0 aliphatic carbocycles. The van der Waals surface area contributed by atoms with Gasteiger partial charge in [-0.3, -0.25) is 15.6 Å². The van der Waals surface area contributed by atoms with E-state index in [4.69, 9.17) is 9.47 Å². The first-order chi connectivity index (χ1) is 17.2. The molecule has 0 spiro atoms. The van der Waals surface area contributed by atoms with Crippen LogP contribution in [0.1, 0.15) is 61.6 Å². The van der Waals surface area contributed by atoms with Crippen LogP contribution in [0.2, 0.25) is 0 Å². The van der Waals surface area contributed by atoms with E-state index >= 15 is 0 Å². The molecule has 186 valence electrons. The SMILES string of the molecule is O=C1CCCN1C1CCN(CCC2COc3cc(Oc4ccc(C5CCNN5)cn4)ccc32)CC1. The van der Waals surface area contributed by atoms with Crippen molar-refractivity contribution in [3.8, 4) is 17.4 Å². The summed E-state index contributed by atoms with van der Waals surface area (Å²) in [6.07, 6.45) is 8.02. The van der Waals surface area contributed by atoms with Gasteiger partial charge in [0.25, 0.3) is 0 Å². The van der Waals surface area contributed by atoms with Crippen molar-refractivity contribution in [2.75, 3.05) is 39.3 Å². The predicted octanol–water partition coefficient (Wildman–Crippen LogP) is 3.37. The fourth-order valence-electron chi connectivity index (χ4n) is 5.92. The number of hydrazine groups is 1. The Bertz CT molecular complexity index is 1030. The van der Waals surface area contributed by atoms with Crippen LogP contribution >= 0.6 is 0 Å². The number of carbonyl (C=O) groups excluding carboxylic acids is 1. The van der Waals surface area contributed by atoms with Crippen molar-refractivity contribution in [3.63, 3.8) is 0 Å². The first-order valence-corrected chi connectivity index (χ1v) is 13.1. The standard InChI is InChI=1S/C27H35N5O3/c33-27-2-1-12-32(27)21-9-14-31(15-10-21)13-8-20-18-34-25-16-22(4-5-23(20)25)35-26-6-3-19(17-28-26)24-7-11-29-30-24/h3-6,16-17,20-21,24,29-30H,1-2,7-15,18H2. The maximum absolute atomic E-state index is 12.0. The van der Waals surface area contributed by atoms with E-state index in [2.05, 4.69) is 37.8 Å². The Morgan fingerprint density at radius 3 is 2.77 bits per heavy atom. The Morgan fingerprint density at radius 1 is 1.11 bits per heavy atom. The third kappa shape index (κ3) is 5.01. The first-order valence-electron chi connectivity index (χ1n) is 13.1. The van der Waals surface area contributed by atoms with Crippen molar-refractivity contribution < 1.29 is 14.3 Å². The molecule has 5 heterocycles. The van der Waals surface area contributed by atoms with Gasteiger partial charge in [-0.2, -0.15) is 0 Å². The highest BCUT2D eigenvalue weighted by atomic mass is 16.5. The molecule has 2 N–H and O–H groups in total. The van der Waals surface area contributed by atoms with E-state index in [9.17, 15) is 4.79 Å². The second-order valence-electron chi connectivity index (χ2n) is 10.2. The molecule has 1 aromatic carbocycles. The Balaban J connectivity index is 0.998. The number of nitrogens with one attached hydrogen (secondary N) is 2. The van der Waals surface area contributed by atoms with Crippen molar-refractivity contribution in [2.24, 2.45) is 0 Å². The van der Waals surface area contributed by atoms with E-state index in [1.807, 2.05) is 24.4 Å². The van der Waals surface area contributed by atoms with Crippen LogP contribution in [0.5, 0.6) is 17.4 Å². The van der Waals surface area contributed by atoms with Crippen LogP contribution in [0.4, 0.5) is 0 Å². The van der Waals surface area contributed by atoms with Crippen LogP contribution in [0, 0.1) is 0 Å². The molecule has 0 radical (unpaired) electrons. The van der Waals surface area contributed by atoms with Crippen molar-refractivity contribution >= 4 is 5.91 Å². The molecule has 4 aliphatic rings. The molecule has 2 aromatic rings. The lowest BCUT2D eigenvalue weighted by molar-refractivity contribution is -0.130. The summed E-state index contributed by atoms with van der Waals surface area (Å²) in [4.78, 5) is 21.2. The van der Waals surface area contributed by atoms with Gasteiger partial charge in [-0.15, -0.1) is 0 Å². The summed E-state index contributed by atoms with van der Waals surface area (Å²) in [6, 6.07) is 10.9. The minimum Gasteiger partial charge on any atom is -0.493 e. The Kier molecular flexibility index (Phi) is 6.59. The van der Waals surface area contributed by atoms with Crippen LogP contribution in [0.3, 0.4) is 0 Å². The lowest BCUT2D eigenvalue weighted by Crippen LogP contribution is -2.45. The highest BCUT2D eigenvalue weighted by molar-refractivity contribution is 5.78. The van der Waals surface area contributed by atoms with Gasteiger partial charge in [0.2, 0.25) is 11.8 Å². The van der Waals surface area contributed by atoms with E-state index in [1.165, 1.54) is 5.56 Å². The zero-order valence-corrected chi connectivity index (χ0v) is 20.2. The fourth-order valence-corrected chi connectivity index (χ4v) is 5.92. The lowest BCUT2D eigenvalue weighted by atomic mass is 9.96. The van der Waals surface area contributed by atoms with Gasteiger partial charge < -0.3 is 19.3 Å². The molecular formula is C27H35N5O3. The largest absolute Gasteiger partial charge is 0.493 e. The zero-order valence-electron chi connectivity index (χ0n) is 20.2. The Hall–Kier alpha value is -2.68. The number of hydrogen-bond donors (Lipinski definition) is 2. The van der Waals surface area contributed by atoms with Gasteiger partial charge in [0.1, 0.15) is 11.5 Å². The van der Waals surface area contributed by atoms with E-state index in [0.29, 0.717) is 29.8 Å². The zero-order chi connectivity index (χ0) is 23.6. The smallest absolute Gasteiger partial charge is 0.222 e. The number of nitrogens with zero attached hydrogens (tertiary/aromatic N) is 3. The summed E-state index contributed by atoms with van der Waals surface area (Å²) in [6.45, 7) is 5.91. The summed E-state index contributed by atoms with van der Waals surface area (Å²) in [5.74, 6) is 3.05. The number of likely N-dealkylation sites (tertiary alicyclic amines) is 2. The normalized spacial score (nSPS) is 25.1. The Morgan fingerprint density at radius 2 is 2.03 bits per heavy atom. The topological polar surface area (TPSA) is 79.0 Å². The summed E-state index contributed by atoms with van der Waals surface area (Å²) in [5, 5.41) is 0. The number of pyridine rings is 1. The predicted molar refractivity (Wildman–Crippen MR) is 133 cm³/mol. The third-order valence-corrected chi connectivity index (χ3v) is 7.98. The molecule has 6 rings (SSSR count). The molecule has 8 heteroatoms. The molecule has 2 unspecified atom stereocenters. The van der Waals surface area contributed by atoms with Gasteiger partial charge in [-0.25, -0.2) is 4.98 Å². The number of ether oxygens (including phenoxy) is 2. The van der Waals surface area contributed by atoms with Crippen LogP contribution in [0.25, 0.3) is 0 Å². The van der Waals surface area contributed by atoms with Gasteiger partial charge in [0.15, 0.2) is 0 Å². The summed E-state index contributed by atoms with van der Waals surface area (Å²) < 4.78 is 12.0. The maximum atomic E-state index is 12.0. The molecule has 35 heavy (non-hydrogen) atoms. The number of piperidine rings is 1. The van der Waals surface area contributed by atoms with E-state index in [-0.39, 0.29) is 0 Å². The molecule has 8 nitrogen and oxygen atoms in total. The number of hydrogen-bond acceptors (Lipinski definition) is 7.